The molecule has 1 heterocycles. The summed E-state index contributed by atoms with van der Waals surface area (Å²) in [6.07, 6.45) is 4.16. The largest absolute Gasteiger partial charge is 0.354 e. The Labute approximate surface area is 182 Å². The number of halogens is 2. The summed E-state index contributed by atoms with van der Waals surface area (Å²) in [4.78, 5) is 8.50. The molecule has 6 heteroatoms. The second-order valence-electron chi connectivity index (χ2n) is 7.29. The molecule has 0 atom stereocenters. The van der Waals surface area contributed by atoms with Crippen LogP contribution in [0.1, 0.15) is 37.8 Å². The molecule has 0 fully saturated rings. The quantitative estimate of drug-likeness (QED) is 0.425. The van der Waals surface area contributed by atoms with Crippen molar-refractivity contribution in [2.75, 3.05) is 11.9 Å². The number of hydrogen-bond donors (Lipinski definition) is 2. The van der Waals surface area contributed by atoms with E-state index in [1.165, 1.54) is 6.20 Å². The van der Waals surface area contributed by atoms with E-state index in [4.69, 9.17) is 11.6 Å². The van der Waals surface area contributed by atoms with Crippen LogP contribution in [-0.2, 0) is 13.0 Å². The first-order valence-corrected chi connectivity index (χ1v) is 10.8. The fourth-order valence-corrected chi connectivity index (χ4v) is 3.55. The third kappa shape index (κ3) is 6.25. The molecular formula is C24H28ClFN4. The average Bonchev–Trinajstić information content (AvgIpc) is 2.76. The van der Waals surface area contributed by atoms with Gasteiger partial charge in [-0.25, -0.2) is 14.4 Å². The Bertz CT molecular complexity index is 959. The lowest BCUT2D eigenvalue weighted by atomic mass is 10.1. The lowest BCUT2D eigenvalue weighted by Crippen LogP contribution is -2.26. The molecule has 0 aliphatic rings. The Balaban J connectivity index is 1.68. The van der Waals surface area contributed by atoms with Gasteiger partial charge < -0.3 is 10.6 Å². The molecule has 2 N–H and O–H groups in total. The van der Waals surface area contributed by atoms with Gasteiger partial charge in [0.2, 0.25) is 5.95 Å². The summed E-state index contributed by atoms with van der Waals surface area (Å²) in [6.45, 7) is 5.73. The van der Waals surface area contributed by atoms with Crippen LogP contribution in [0.25, 0.3) is 11.3 Å². The summed E-state index contributed by atoms with van der Waals surface area (Å²) in [5, 5.41) is 7.43. The van der Waals surface area contributed by atoms with Crippen LogP contribution in [0.4, 0.5) is 10.3 Å². The first kappa shape index (κ1) is 22.2. The average molecular weight is 427 g/mol. The summed E-state index contributed by atoms with van der Waals surface area (Å²) in [5.74, 6) is -0.0190. The summed E-state index contributed by atoms with van der Waals surface area (Å²) in [5.41, 5.74) is 3.28. The topological polar surface area (TPSA) is 49.8 Å². The van der Waals surface area contributed by atoms with Gasteiger partial charge in [-0.3, -0.25) is 0 Å². The lowest BCUT2D eigenvalue weighted by molar-refractivity contribution is 0.484. The second-order valence-corrected chi connectivity index (χ2v) is 7.73. The van der Waals surface area contributed by atoms with E-state index in [1.54, 1.807) is 0 Å². The van der Waals surface area contributed by atoms with Crippen molar-refractivity contribution in [2.45, 2.75) is 45.7 Å². The monoisotopic (exact) mass is 426 g/mol. The maximum Gasteiger partial charge on any atom is 0.223 e. The van der Waals surface area contributed by atoms with Gasteiger partial charge in [-0.05, 0) is 48.6 Å². The Hall–Kier alpha value is -2.50. The molecular weight excluding hydrogens is 399 g/mol. The first-order valence-electron chi connectivity index (χ1n) is 10.4. The minimum Gasteiger partial charge on any atom is -0.354 e. The Morgan fingerprint density at radius 3 is 2.57 bits per heavy atom. The molecule has 1 aromatic heterocycles. The third-order valence-electron chi connectivity index (χ3n) is 5.11. The number of aromatic nitrogens is 2. The molecule has 0 saturated heterocycles. The third-order valence-corrected chi connectivity index (χ3v) is 5.35. The minimum absolute atomic E-state index is 0.305. The van der Waals surface area contributed by atoms with Crippen LogP contribution in [0.3, 0.4) is 0 Å². The maximum atomic E-state index is 14.5. The van der Waals surface area contributed by atoms with Crippen molar-refractivity contribution < 1.29 is 4.39 Å². The molecule has 0 saturated carbocycles. The molecule has 3 aromatic rings. The molecule has 0 bridgehead atoms. The van der Waals surface area contributed by atoms with E-state index in [9.17, 15) is 4.39 Å². The van der Waals surface area contributed by atoms with E-state index in [2.05, 4.69) is 34.4 Å². The molecule has 30 heavy (non-hydrogen) atoms. The predicted molar refractivity (Wildman–Crippen MR) is 122 cm³/mol. The van der Waals surface area contributed by atoms with E-state index in [0.29, 0.717) is 29.3 Å². The van der Waals surface area contributed by atoms with Crippen molar-refractivity contribution >= 4 is 17.5 Å². The van der Waals surface area contributed by atoms with Crippen molar-refractivity contribution in [3.05, 3.63) is 76.7 Å². The zero-order chi connectivity index (χ0) is 21.3. The molecule has 0 radical (unpaired) electrons. The van der Waals surface area contributed by atoms with Gasteiger partial charge in [0.25, 0.3) is 0 Å². The zero-order valence-corrected chi connectivity index (χ0v) is 18.2. The highest BCUT2D eigenvalue weighted by molar-refractivity contribution is 6.30. The Morgan fingerprint density at radius 2 is 1.80 bits per heavy atom. The van der Waals surface area contributed by atoms with Crippen LogP contribution < -0.4 is 10.6 Å². The van der Waals surface area contributed by atoms with Crippen LogP contribution >= 0.6 is 11.6 Å². The molecule has 0 unspecified atom stereocenters. The van der Waals surface area contributed by atoms with E-state index in [-0.39, 0.29) is 0 Å². The van der Waals surface area contributed by atoms with Gasteiger partial charge in [0.1, 0.15) is 5.69 Å². The smallest absolute Gasteiger partial charge is 0.223 e. The van der Waals surface area contributed by atoms with Gasteiger partial charge in [-0.15, -0.1) is 0 Å². The van der Waals surface area contributed by atoms with Gasteiger partial charge in [-0.2, -0.15) is 0 Å². The fourth-order valence-electron chi connectivity index (χ4n) is 3.33. The van der Waals surface area contributed by atoms with Crippen molar-refractivity contribution in [3.8, 4) is 11.3 Å². The second kappa shape index (κ2) is 11.0. The summed E-state index contributed by atoms with van der Waals surface area (Å²) >= 11 is 6.02. The highest BCUT2D eigenvalue weighted by Gasteiger charge is 2.11. The molecule has 0 aliphatic heterocycles. The number of benzene rings is 2. The number of hydrogen-bond acceptors (Lipinski definition) is 4. The van der Waals surface area contributed by atoms with Gasteiger partial charge in [-0.1, -0.05) is 55.8 Å². The van der Waals surface area contributed by atoms with Crippen LogP contribution in [0.15, 0.2) is 54.7 Å². The standard InChI is InChI=1S/C24H28ClFN4/c1-3-21(4-2)28-15-18-8-5-9-19(13-18)23-22(26)16-29-24(30-23)27-12-11-17-7-6-10-20(25)14-17/h5-10,13-14,16,21,28H,3-4,11-12,15H2,1-2H3,(H,27,29,30). The molecule has 0 amide bonds. The van der Waals surface area contributed by atoms with Crippen molar-refractivity contribution in [3.63, 3.8) is 0 Å². The summed E-state index contributed by atoms with van der Waals surface area (Å²) < 4.78 is 14.5. The van der Waals surface area contributed by atoms with E-state index >= 15 is 0 Å². The van der Waals surface area contributed by atoms with E-state index < -0.39 is 5.82 Å². The predicted octanol–water partition coefficient (Wildman–Crippen LogP) is 5.87. The Morgan fingerprint density at radius 1 is 1.03 bits per heavy atom. The number of nitrogens with one attached hydrogen (secondary N) is 2. The van der Waals surface area contributed by atoms with Gasteiger partial charge in [0.05, 0.1) is 6.20 Å². The van der Waals surface area contributed by atoms with E-state index in [1.807, 2.05) is 48.5 Å². The summed E-state index contributed by atoms with van der Waals surface area (Å²) in [7, 11) is 0. The number of nitrogens with zero attached hydrogens (tertiary/aromatic N) is 2. The first-order chi connectivity index (χ1) is 14.6. The van der Waals surface area contributed by atoms with E-state index in [0.717, 1.165) is 42.5 Å². The molecule has 0 spiro atoms. The molecule has 158 valence electrons. The Kier molecular flexibility index (Phi) is 8.17. The van der Waals surface area contributed by atoms with Gasteiger partial charge in [0.15, 0.2) is 5.82 Å². The van der Waals surface area contributed by atoms with Crippen molar-refractivity contribution in [1.29, 1.82) is 0 Å². The van der Waals surface area contributed by atoms with Crippen LogP contribution in [-0.4, -0.2) is 22.6 Å². The van der Waals surface area contributed by atoms with Crippen molar-refractivity contribution in [2.24, 2.45) is 0 Å². The lowest BCUT2D eigenvalue weighted by Gasteiger charge is -2.15. The summed E-state index contributed by atoms with van der Waals surface area (Å²) in [6, 6.07) is 16.1. The van der Waals surface area contributed by atoms with Crippen LogP contribution in [0.5, 0.6) is 0 Å². The number of rotatable bonds is 10. The maximum absolute atomic E-state index is 14.5. The fraction of sp³-hybridized carbons (Fsp3) is 0.333. The van der Waals surface area contributed by atoms with Crippen LogP contribution in [0.2, 0.25) is 5.02 Å². The highest BCUT2D eigenvalue weighted by atomic mass is 35.5. The number of anilines is 1. The molecule has 0 aliphatic carbocycles. The van der Waals surface area contributed by atoms with Crippen LogP contribution in [0, 0.1) is 5.82 Å². The van der Waals surface area contributed by atoms with Crippen molar-refractivity contribution in [1.82, 2.24) is 15.3 Å². The molecule has 2 aromatic carbocycles. The SMILES string of the molecule is CCC(CC)NCc1cccc(-c2nc(NCCc3cccc(Cl)c3)ncc2F)c1. The molecule has 3 rings (SSSR count). The minimum atomic E-state index is -0.430. The van der Waals surface area contributed by atoms with Gasteiger partial charge in [0, 0.05) is 29.7 Å². The normalized spacial score (nSPS) is 11.1. The van der Waals surface area contributed by atoms with Gasteiger partial charge >= 0.3 is 0 Å². The highest BCUT2D eigenvalue weighted by Crippen LogP contribution is 2.22. The molecule has 4 nitrogen and oxygen atoms in total. The zero-order valence-electron chi connectivity index (χ0n) is 17.5.